The summed E-state index contributed by atoms with van der Waals surface area (Å²) in [5.74, 6) is 0.667. The molecule has 0 saturated carbocycles. The molecule has 0 aliphatic heterocycles. The van der Waals surface area contributed by atoms with E-state index in [9.17, 15) is 4.79 Å². The van der Waals surface area contributed by atoms with Gasteiger partial charge in [-0.05, 0) is 63.7 Å². The fourth-order valence-corrected chi connectivity index (χ4v) is 6.43. The molecule has 0 unspecified atom stereocenters. The van der Waals surface area contributed by atoms with Crippen molar-refractivity contribution in [1.82, 2.24) is 19.1 Å². The SMILES string of the molecule is Cn1c(=O)n(C)c2cc(-c3cccc(-c4cc(-c5ccc(-c6ccccc6)cc5-c5ccccc5)nc(-c5ccccc5)n4)c3)ccc21. The second kappa shape index (κ2) is 12.1. The molecule has 2 heterocycles. The van der Waals surface area contributed by atoms with E-state index in [0.717, 1.165) is 66.9 Å². The maximum Gasteiger partial charge on any atom is 0.328 e. The highest BCUT2D eigenvalue weighted by molar-refractivity contribution is 5.88. The number of fused-ring (bicyclic) bond motifs is 1. The number of hydrogen-bond acceptors (Lipinski definition) is 3. The third-order valence-corrected chi connectivity index (χ3v) is 9.01. The zero-order valence-electron chi connectivity index (χ0n) is 26.7. The molecule has 0 bridgehead atoms. The average molecular weight is 621 g/mol. The van der Waals surface area contributed by atoms with Crippen molar-refractivity contribution in [2.45, 2.75) is 0 Å². The Hall–Kier alpha value is -6.33. The van der Waals surface area contributed by atoms with E-state index in [1.54, 1.807) is 16.2 Å². The summed E-state index contributed by atoms with van der Waals surface area (Å²) in [6.45, 7) is 0. The number of nitrogens with zero attached hydrogens (tertiary/aromatic N) is 4. The summed E-state index contributed by atoms with van der Waals surface area (Å²) < 4.78 is 3.37. The van der Waals surface area contributed by atoms with Crippen LogP contribution in [0.5, 0.6) is 0 Å². The van der Waals surface area contributed by atoms with Gasteiger partial charge in [0.2, 0.25) is 0 Å². The molecule has 0 fully saturated rings. The molecule has 0 spiro atoms. The summed E-state index contributed by atoms with van der Waals surface area (Å²) in [6.07, 6.45) is 0. The fraction of sp³-hybridized carbons (Fsp3) is 0.0465. The normalized spacial score (nSPS) is 11.2. The monoisotopic (exact) mass is 620 g/mol. The van der Waals surface area contributed by atoms with Gasteiger partial charge < -0.3 is 0 Å². The molecule has 2 aromatic heterocycles. The summed E-state index contributed by atoms with van der Waals surface area (Å²) >= 11 is 0. The van der Waals surface area contributed by atoms with Crippen molar-refractivity contribution >= 4 is 11.0 Å². The Kier molecular flexibility index (Phi) is 7.35. The van der Waals surface area contributed by atoms with E-state index in [1.165, 1.54) is 5.56 Å². The number of imidazole rings is 1. The maximum atomic E-state index is 12.6. The molecule has 0 atom stereocenters. The quantitative estimate of drug-likeness (QED) is 0.186. The van der Waals surface area contributed by atoms with Gasteiger partial charge in [0.25, 0.3) is 0 Å². The minimum Gasteiger partial charge on any atom is -0.295 e. The van der Waals surface area contributed by atoms with E-state index in [4.69, 9.17) is 9.97 Å². The second-order valence-electron chi connectivity index (χ2n) is 12.0. The van der Waals surface area contributed by atoms with Gasteiger partial charge in [0, 0.05) is 30.8 Å². The van der Waals surface area contributed by atoms with Gasteiger partial charge in [-0.1, -0.05) is 127 Å². The van der Waals surface area contributed by atoms with E-state index in [-0.39, 0.29) is 5.69 Å². The van der Waals surface area contributed by atoms with Gasteiger partial charge in [0.15, 0.2) is 5.82 Å². The average Bonchev–Trinajstić information content (AvgIpc) is 3.38. The number of rotatable bonds is 6. The molecule has 0 aliphatic carbocycles. The minimum absolute atomic E-state index is 0.0375. The molecule has 0 aliphatic rings. The van der Waals surface area contributed by atoms with E-state index in [0.29, 0.717) is 5.82 Å². The molecule has 0 amide bonds. The predicted molar refractivity (Wildman–Crippen MR) is 196 cm³/mol. The lowest BCUT2D eigenvalue weighted by Crippen LogP contribution is -2.19. The van der Waals surface area contributed by atoms with Crippen LogP contribution >= 0.6 is 0 Å². The third kappa shape index (κ3) is 5.31. The van der Waals surface area contributed by atoms with Crippen LogP contribution in [0.4, 0.5) is 0 Å². The largest absolute Gasteiger partial charge is 0.328 e. The Bertz CT molecular complexity index is 2480. The van der Waals surface area contributed by atoms with Crippen LogP contribution < -0.4 is 5.69 Å². The Morgan fingerprint density at radius 2 is 0.938 bits per heavy atom. The fourth-order valence-electron chi connectivity index (χ4n) is 6.43. The number of aromatic nitrogens is 4. The third-order valence-electron chi connectivity index (χ3n) is 9.01. The van der Waals surface area contributed by atoms with Crippen LogP contribution in [0.3, 0.4) is 0 Å². The van der Waals surface area contributed by atoms with Crippen molar-refractivity contribution in [1.29, 1.82) is 0 Å². The zero-order valence-corrected chi connectivity index (χ0v) is 26.7. The van der Waals surface area contributed by atoms with Gasteiger partial charge in [0.05, 0.1) is 22.4 Å². The molecular weight excluding hydrogens is 589 g/mol. The Morgan fingerprint density at radius 1 is 0.396 bits per heavy atom. The second-order valence-corrected chi connectivity index (χ2v) is 12.0. The lowest BCUT2D eigenvalue weighted by atomic mass is 9.92. The van der Waals surface area contributed by atoms with Crippen molar-refractivity contribution in [2.75, 3.05) is 0 Å². The van der Waals surface area contributed by atoms with Crippen LogP contribution in [0.15, 0.2) is 163 Å². The lowest BCUT2D eigenvalue weighted by Gasteiger charge is -2.15. The van der Waals surface area contributed by atoms with Crippen molar-refractivity contribution in [2.24, 2.45) is 14.1 Å². The minimum atomic E-state index is -0.0375. The van der Waals surface area contributed by atoms with Gasteiger partial charge in [-0.25, -0.2) is 14.8 Å². The van der Waals surface area contributed by atoms with Crippen LogP contribution in [0, 0.1) is 0 Å². The van der Waals surface area contributed by atoms with E-state index >= 15 is 0 Å². The smallest absolute Gasteiger partial charge is 0.295 e. The lowest BCUT2D eigenvalue weighted by molar-refractivity contribution is 0.795. The van der Waals surface area contributed by atoms with Crippen molar-refractivity contribution in [3.8, 4) is 67.3 Å². The van der Waals surface area contributed by atoms with Crippen LogP contribution in [-0.2, 0) is 14.1 Å². The predicted octanol–water partition coefficient (Wildman–Crippen LogP) is 9.67. The molecule has 48 heavy (non-hydrogen) atoms. The summed E-state index contributed by atoms with van der Waals surface area (Å²) in [5, 5.41) is 0. The number of aryl methyl sites for hydroxylation is 2. The molecule has 5 heteroatoms. The molecular formula is C43H32N4O. The number of hydrogen-bond donors (Lipinski definition) is 0. The molecule has 6 aromatic carbocycles. The van der Waals surface area contributed by atoms with Crippen molar-refractivity contribution in [3.63, 3.8) is 0 Å². The van der Waals surface area contributed by atoms with E-state index in [1.807, 2.05) is 43.4 Å². The van der Waals surface area contributed by atoms with Crippen LogP contribution in [-0.4, -0.2) is 19.1 Å². The summed E-state index contributed by atoms with van der Waals surface area (Å²) in [6, 6.07) is 54.4. The summed E-state index contributed by atoms with van der Waals surface area (Å²) in [5.41, 5.74) is 13.0. The first-order valence-electron chi connectivity index (χ1n) is 16.0. The first kappa shape index (κ1) is 29.1. The standard InChI is InChI=1S/C43H32N4O/c1-46-40-24-22-34(27-41(40)47(2)43(46)48)32-19-12-20-35(25-32)38-28-39(45-42(44-38)31-17-10-5-11-18-31)36-23-21-33(29-13-6-3-7-14-29)26-37(36)30-15-8-4-9-16-30/h3-28H,1-2H3. The first-order chi connectivity index (χ1) is 23.5. The summed E-state index contributed by atoms with van der Waals surface area (Å²) in [4.78, 5) is 22.9. The highest BCUT2D eigenvalue weighted by Crippen LogP contribution is 2.37. The Morgan fingerprint density at radius 3 is 1.67 bits per heavy atom. The molecule has 5 nitrogen and oxygen atoms in total. The van der Waals surface area contributed by atoms with Crippen LogP contribution in [0.1, 0.15) is 0 Å². The van der Waals surface area contributed by atoms with Gasteiger partial charge in [0.1, 0.15) is 0 Å². The molecule has 230 valence electrons. The first-order valence-corrected chi connectivity index (χ1v) is 16.0. The van der Waals surface area contributed by atoms with Gasteiger partial charge >= 0.3 is 5.69 Å². The maximum absolute atomic E-state index is 12.6. The van der Waals surface area contributed by atoms with Crippen LogP contribution in [0.25, 0.3) is 78.3 Å². The molecule has 0 radical (unpaired) electrons. The van der Waals surface area contributed by atoms with Gasteiger partial charge in [-0.3, -0.25) is 9.13 Å². The Balaban J connectivity index is 1.30. The molecule has 8 aromatic rings. The molecule has 0 N–H and O–H groups in total. The number of benzene rings is 6. The highest BCUT2D eigenvalue weighted by atomic mass is 16.1. The topological polar surface area (TPSA) is 52.7 Å². The summed E-state index contributed by atoms with van der Waals surface area (Å²) in [7, 11) is 3.62. The van der Waals surface area contributed by atoms with Crippen molar-refractivity contribution in [3.05, 3.63) is 168 Å². The van der Waals surface area contributed by atoms with Gasteiger partial charge in [-0.15, -0.1) is 0 Å². The zero-order chi connectivity index (χ0) is 32.6. The Labute approximate surface area is 279 Å². The van der Waals surface area contributed by atoms with Crippen LogP contribution in [0.2, 0.25) is 0 Å². The molecule has 8 rings (SSSR count). The van der Waals surface area contributed by atoms with Crippen molar-refractivity contribution < 1.29 is 0 Å². The van der Waals surface area contributed by atoms with E-state index < -0.39 is 0 Å². The molecule has 0 saturated heterocycles. The van der Waals surface area contributed by atoms with Gasteiger partial charge in [-0.2, -0.15) is 0 Å². The highest BCUT2D eigenvalue weighted by Gasteiger charge is 2.16. The van der Waals surface area contributed by atoms with E-state index in [2.05, 4.69) is 121 Å².